The van der Waals surface area contributed by atoms with E-state index >= 15 is 0 Å². The van der Waals surface area contributed by atoms with E-state index in [1.54, 1.807) is 30.6 Å². The minimum Gasteiger partial charge on any atom is -0.365 e. The highest BCUT2D eigenvalue weighted by molar-refractivity contribution is 5.99. The Hall–Kier alpha value is -3.56. The van der Waals surface area contributed by atoms with Gasteiger partial charge in [-0.2, -0.15) is 18.3 Å². The van der Waals surface area contributed by atoms with Crippen LogP contribution in [0.4, 0.5) is 39.4 Å². The Balaban J connectivity index is 1.68. The van der Waals surface area contributed by atoms with Crippen LogP contribution in [0.2, 0.25) is 0 Å². The summed E-state index contributed by atoms with van der Waals surface area (Å²) < 4.78 is 52.2. The minimum absolute atomic E-state index is 0.417. The van der Waals surface area contributed by atoms with Crippen molar-refractivity contribution in [2.24, 2.45) is 0 Å². The number of aromatic nitrogens is 2. The first kappa shape index (κ1) is 21.2. The standard InChI is InChI=1S/C20H19F4N5O/c1-2-29(16-10-25-26-11-16)12-13-4-3-5-15(8-13)27-19(30)28-18-9-14(20(22,23)24)6-7-17(18)21/h3-11H,2,12H2,1H3,(H,25,26)(H2,27,28,30). The number of alkyl halides is 3. The Kier molecular flexibility index (Phi) is 6.24. The van der Waals surface area contributed by atoms with Gasteiger partial charge in [0.25, 0.3) is 0 Å². The fourth-order valence-electron chi connectivity index (χ4n) is 2.85. The molecule has 0 unspecified atom stereocenters. The molecular weight excluding hydrogens is 402 g/mol. The second-order valence-electron chi connectivity index (χ2n) is 6.44. The van der Waals surface area contributed by atoms with Crippen LogP contribution in [0.5, 0.6) is 0 Å². The summed E-state index contributed by atoms with van der Waals surface area (Å²) in [6, 6.07) is 7.93. The van der Waals surface area contributed by atoms with Crippen molar-refractivity contribution in [3.05, 3.63) is 71.8 Å². The molecule has 0 radical (unpaired) electrons. The number of nitrogens with one attached hydrogen (secondary N) is 3. The van der Waals surface area contributed by atoms with Gasteiger partial charge in [-0.3, -0.25) is 5.10 Å². The Morgan fingerprint density at radius 2 is 1.97 bits per heavy atom. The number of hydrogen-bond donors (Lipinski definition) is 3. The van der Waals surface area contributed by atoms with E-state index in [1.165, 1.54) is 0 Å². The van der Waals surface area contributed by atoms with E-state index in [-0.39, 0.29) is 0 Å². The normalized spacial score (nSPS) is 11.2. The molecule has 6 nitrogen and oxygen atoms in total. The molecule has 158 valence electrons. The summed E-state index contributed by atoms with van der Waals surface area (Å²) in [5, 5.41) is 11.3. The molecular formula is C20H19F4N5O. The number of halogens is 4. The topological polar surface area (TPSA) is 73.1 Å². The molecule has 2 aromatic carbocycles. The van der Waals surface area contributed by atoms with Crippen LogP contribution in [0.15, 0.2) is 54.9 Å². The van der Waals surface area contributed by atoms with E-state index in [1.807, 2.05) is 13.0 Å². The summed E-state index contributed by atoms with van der Waals surface area (Å²) in [5.74, 6) is -0.967. The summed E-state index contributed by atoms with van der Waals surface area (Å²) in [5.41, 5.74) is 0.603. The van der Waals surface area contributed by atoms with Crippen LogP contribution in [0, 0.1) is 5.82 Å². The van der Waals surface area contributed by atoms with E-state index in [0.29, 0.717) is 30.4 Å². The maximum absolute atomic E-state index is 13.8. The predicted octanol–water partition coefficient (Wildman–Crippen LogP) is 5.24. The second kappa shape index (κ2) is 8.85. The zero-order valence-electron chi connectivity index (χ0n) is 15.9. The monoisotopic (exact) mass is 421 g/mol. The van der Waals surface area contributed by atoms with Crippen LogP contribution in [-0.4, -0.2) is 22.8 Å². The van der Waals surface area contributed by atoms with Crippen molar-refractivity contribution in [1.29, 1.82) is 0 Å². The number of carbonyl (C=O) groups is 1. The van der Waals surface area contributed by atoms with Gasteiger partial charge in [-0.05, 0) is 42.8 Å². The predicted molar refractivity (Wildman–Crippen MR) is 106 cm³/mol. The average molecular weight is 421 g/mol. The van der Waals surface area contributed by atoms with Gasteiger partial charge in [-0.15, -0.1) is 0 Å². The molecule has 30 heavy (non-hydrogen) atoms. The van der Waals surface area contributed by atoms with Crippen LogP contribution in [0.3, 0.4) is 0 Å². The molecule has 0 saturated carbocycles. The lowest BCUT2D eigenvalue weighted by Crippen LogP contribution is -2.22. The molecule has 0 spiro atoms. The number of hydrogen-bond acceptors (Lipinski definition) is 3. The second-order valence-corrected chi connectivity index (χ2v) is 6.44. The molecule has 1 aromatic heterocycles. The lowest BCUT2D eigenvalue weighted by Gasteiger charge is -2.21. The number of urea groups is 1. The van der Waals surface area contributed by atoms with Crippen molar-refractivity contribution < 1.29 is 22.4 Å². The van der Waals surface area contributed by atoms with Gasteiger partial charge in [0.15, 0.2) is 0 Å². The van der Waals surface area contributed by atoms with Crippen LogP contribution < -0.4 is 15.5 Å². The molecule has 0 bridgehead atoms. The zero-order valence-corrected chi connectivity index (χ0v) is 15.9. The van der Waals surface area contributed by atoms with Crippen LogP contribution in [0.1, 0.15) is 18.1 Å². The third-order valence-corrected chi connectivity index (χ3v) is 4.33. The molecule has 10 heteroatoms. The van der Waals surface area contributed by atoms with Gasteiger partial charge in [-0.1, -0.05) is 12.1 Å². The third-order valence-electron chi connectivity index (χ3n) is 4.33. The lowest BCUT2D eigenvalue weighted by atomic mass is 10.1. The molecule has 3 rings (SSSR count). The molecule has 1 heterocycles. The smallest absolute Gasteiger partial charge is 0.365 e. The Morgan fingerprint density at radius 3 is 2.63 bits per heavy atom. The van der Waals surface area contributed by atoms with Gasteiger partial charge < -0.3 is 15.5 Å². The van der Waals surface area contributed by atoms with Gasteiger partial charge >= 0.3 is 12.2 Å². The highest BCUT2D eigenvalue weighted by atomic mass is 19.4. The van der Waals surface area contributed by atoms with Gasteiger partial charge in [-0.25, -0.2) is 9.18 Å². The fraction of sp³-hybridized carbons (Fsp3) is 0.200. The largest absolute Gasteiger partial charge is 0.416 e. The molecule has 2 amide bonds. The first-order chi connectivity index (χ1) is 14.3. The molecule has 0 aliphatic rings. The Labute approximate surface area is 169 Å². The van der Waals surface area contributed by atoms with E-state index in [2.05, 4.69) is 25.7 Å². The first-order valence-corrected chi connectivity index (χ1v) is 9.03. The molecule has 0 fully saturated rings. The number of anilines is 3. The maximum Gasteiger partial charge on any atom is 0.416 e. The molecule has 3 N–H and O–H groups in total. The summed E-state index contributed by atoms with van der Waals surface area (Å²) in [7, 11) is 0. The number of aromatic amines is 1. The maximum atomic E-state index is 13.8. The van der Waals surface area contributed by atoms with Crippen molar-refractivity contribution >= 4 is 23.1 Å². The van der Waals surface area contributed by atoms with Crippen molar-refractivity contribution in [3.8, 4) is 0 Å². The number of rotatable bonds is 6. The Morgan fingerprint density at radius 1 is 1.17 bits per heavy atom. The van der Waals surface area contributed by atoms with E-state index < -0.39 is 29.3 Å². The Bertz CT molecular complexity index is 1000. The number of amides is 2. The molecule has 0 aliphatic heterocycles. The number of H-pyrrole nitrogens is 1. The molecule has 3 aromatic rings. The molecule has 0 aliphatic carbocycles. The summed E-state index contributed by atoms with van der Waals surface area (Å²) in [6.07, 6.45) is -1.18. The average Bonchev–Trinajstić information content (AvgIpc) is 3.22. The highest BCUT2D eigenvalue weighted by Crippen LogP contribution is 2.31. The number of carbonyl (C=O) groups excluding carboxylic acids is 1. The van der Waals surface area contributed by atoms with Gasteiger partial charge in [0.1, 0.15) is 5.82 Å². The van der Waals surface area contributed by atoms with Gasteiger partial charge in [0.2, 0.25) is 0 Å². The van der Waals surface area contributed by atoms with Crippen molar-refractivity contribution in [1.82, 2.24) is 10.2 Å². The summed E-state index contributed by atoms with van der Waals surface area (Å²) >= 11 is 0. The van der Waals surface area contributed by atoms with E-state index in [4.69, 9.17) is 0 Å². The van der Waals surface area contributed by atoms with Crippen LogP contribution >= 0.6 is 0 Å². The molecule has 0 saturated heterocycles. The number of nitrogens with zero attached hydrogens (tertiary/aromatic N) is 2. The van der Waals surface area contributed by atoms with Crippen molar-refractivity contribution in [3.63, 3.8) is 0 Å². The highest BCUT2D eigenvalue weighted by Gasteiger charge is 2.31. The fourth-order valence-corrected chi connectivity index (χ4v) is 2.85. The first-order valence-electron chi connectivity index (χ1n) is 9.03. The summed E-state index contributed by atoms with van der Waals surface area (Å²) in [6.45, 7) is 3.27. The zero-order chi connectivity index (χ0) is 21.7. The van der Waals surface area contributed by atoms with E-state index in [0.717, 1.165) is 17.8 Å². The number of benzene rings is 2. The SMILES string of the molecule is CCN(Cc1cccc(NC(=O)Nc2cc(C(F)(F)F)ccc2F)c1)c1cn[nH]c1. The van der Waals surface area contributed by atoms with E-state index in [9.17, 15) is 22.4 Å². The van der Waals surface area contributed by atoms with Gasteiger partial charge in [0.05, 0.1) is 23.1 Å². The van der Waals surface area contributed by atoms with Crippen LogP contribution in [0.25, 0.3) is 0 Å². The third kappa shape index (κ3) is 5.28. The lowest BCUT2D eigenvalue weighted by molar-refractivity contribution is -0.137. The van der Waals surface area contributed by atoms with Crippen molar-refractivity contribution in [2.45, 2.75) is 19.6 Å². The van der Waals surface area contributed by atoms with Crippen LogP contribution in [-0.2, 0) is 12.7 Å². The van der Waals surface area contributed by atoms with Gasteiger partial charge in [0, 0.05) is 25.0 Å². The molecule has 0 atom stereocenters. The quantitative estimate of drug-likeness (QED) is 0.477. The summed E-state index contributed by atoms with van der Waals surface area (Å²) in [4.78, 5) is 14.2. The van der Waals surface area contributed by atoms with Crippen molar-refractivity contribution in [2.75, 3.05) is 22.1 Å². The minimum atomic E-state index is -4.64.